The number of hydrogen-bond acceptors (Lipinski definition) is 21. The Bertz CT molecular complexity index is 6150. The van der Waals surface area contributed by atoms with Crippen LogP contribution in [0.1, 0.15) is 158 Å². The van der Waals surface area contributed by atoms with Crippen molar-refractivity contribution in [2.24, 2.45) is 0 Å². The summed E-state index contributed by atoms with van der Waals surface area (Å²) in [5, 5.41) is 70.7. The van der Waals surface area contributed by atoms with E-state index in [2.05, 4.69) is 233 Å². The summed E-state index contributed by atoms with van der Waals surface area (Å²) in [6, 6.07) is 39.7. The minimum absolute atomic E-state index is 0.0261. The van der Waals surface area contributed by atoms with Crippen LogP contribution in [-0.2, 0) is 135 Å². The van der Waals surface area contributed by atoms with Crippen molar-refractivity contribution in [3.05, 3.63) is 290 Å². The zero-order chi connectivity index (χ0) is 91.1. The van der Waals surface area contributed by atoms with Crippen LogP contribution >= 0.6 is 0 Å². The third-order valence-electron chi connectivity index (χ3n) is 26.1. The summed E-state index contributed by atoms with van der Waals surface area (Å²) < 4.78 is 27.1. The first-order chi connectivity index (χ1) is 61.0. The first kappa shape index (κ1) is 90.9. The van der Waals surface area contributed by atoms with Gasteiger partial charge in [0.05, 0.1) is 45.1 Å². The number of nitrogens with zero attached hydrogens (tertiary/aromatic N) is 15. The summed E-state index contributed by atoms with van der Waals surface area (Å²) in [6.07, 6.45) is 19.1. The second-order valence-corrected chi connectivity index (χ2v) is 37.1. The number of aryl methyl sites for hydroxylation is 5. The molecule has 5 unspecified atom stereocenters. The van der Waals surface area contributed by atoms with Gasteiger partial charge in [0.1, 0.15) is 46.3 Å². The number of carboxylic acid groups (broad SMARTS) is 1. The second-order valence-electron chi connectivity index (χ2n) is 37.1. The largest absolute Gasteiger partial charge is 0.477 e. The SMILES string of the molecule is Cc1ccc2c(c1)c1c(n2CC(C)(O)c2ccc(C(=O)O)nc2)CCN(C)C1.Cc1ccc2c(c1)c1c(n2CC(C)(O)c2cccnc2)CCN(C)C1.Cc1ccc2c(c1)c1c(n2CC(C)(O)c2cnco2)CCN(C)C1.Cc1ccc2c(c1)c1c(n2CC(C)(O)c2cocn2)CCN(C)C1.Cc1ccc2c(c1)c1c(n2CC(C)(O)c2ncco2)CCN(C)C1.O=C=O. The monoisotopic (exact) mass is 1730 g/mol. The van der Waals surface area contributed by atoms with Crippen LogP contribution in [0.5, 0.6) is 0 Å². The van der Waals surface area contributed by atoms with E-state index in [-0.39, 0.29) is 11.8 Å². The van der Waals surface area contributed by atoms with Crippen LogP contribution in [0, 0.1) is 34.6 Å². The summed E-state index contributed by atoms with van der Waals surface area (Å²) in [7, 11) is 10.8. The highest BCUT2D eigenvalue weighted by Gasteiger charge is 2.38. The molecule has 6 N–H and O–H groups in total. The van der Waals surface area contributed by atoms with Crippen LogP contribution in [0.15, 0.2) is 185 Å². The number of rotatable bonds is 16. The van der Waals surface area contributed by atoms with Crippen molar-refractivity contribution in [2.45, 2.75) is 195 Å². The third kappa shape index (κ3) is 19.2. The highest BCUT2D eigenvalue weighted by Crippen LogP contribution is 2.42. The maximum absolute atomic E-state index is 11.2. The van der Waals surface area contributed by atoms with Gasteiger partial charge in [-0.1, -0.05) is 70.3 Å². The molecule has 27 heteroatoms. The summed E-state index contributed by atoms with van der Waals surface area (Å²) >= 11 is 0. The number of hydrogen-bond donors (Lipinski definition) is 6. The molecular formula is C101H119N15O12. The first-order valence-electron chi connectivity index (χ1n) is 43.8. The Morgan fingerprint density at radius 1 is 0.398 bits per heavy atom. The van der Waals surface area contributed by atoms with Crippen LogP contribution in [0.2, 0.25) is 0 Å². The molecule has 0 spiro atoms. The van der Waals surface area contributed by atoms with Crippen molar-refractivity contribution < 1.29 is 58.3 Å². The van der Waals surface area contributed by atoms with Gasteiger partial charge in [0.25, 0.3) is 0 Å². The molecule has 0 saturated heterocycles. The number of benzene rings is 5. The Hall–Kier alpha value is -11.8. The van der Waals surface area contributed by atoms with Gasteiger partial charge in [-0.3, -0.25) is 4.98 Å². The van der Waals surface area contributed by atoms with Crippen LogP contribution in [0.25, 0.3) is 54.5 Å². The molecule has 5 aliphatic heterocycles. The quantitative estimate of drug-likeness (QED) is 0.0523. The van der Waals surface area contributed by atoms with Crippen LogP contribution < -0.4 is 0 Å². The molecule has 128 heavy (non-hydrogen) atoms. The molecule has 27 nitrogen and oxygen atoms in total. The lowest BCUT2D eigenvalue weighted by molar-refractivity contribution is -0.191. The number of fused-ring (bicyclic) bond motifs is 15. The van der Waals surface area contributed by atoms with Crippen molar-refractivity contribution in [1.29, 1.82) is 0 Å². The Morgan fingerprint density at radius 2 is 0.750 bits per heavy atom. The van der Waals surface area contributed by atoms with Gasteiger partial charge >= 0.3 is 12.1 Å². The standard InChI is InChI=1S/C22H25N3O3.C21H25N3O.3C19H23N3O2.CO2/c1-14-4-7-19-16(10-14)17-12-24(3)9-8-20(17)25(19)13-22(2,28)15-5-6-18(21(26)27)23-11-15;1-15-6-7-19-17(11-15)18-13-23(3)10-8-20(18)24(19)14-21(2,25)16-5-4-9-22-12-16;1-13-4-5-16-14(10-13)15-11-21(3)8-6-17(15)22(16)12-19(2,23)18-20-7-9-24-18;1-13-4-5-16-14(8-13)15-10-21(3)7-6-17(15)22(16)11-19(2,23)18-9-20-12-24-18;1-13-4-5-16-14(8-13)15-9-21(3)7-6-17(15)22(16)11-19(2,23)18-10-24-12-20-18;2-1-3/h4-7,10-11,28H,8-9,12-13H2,1-3H3,(H,26,27);4-7,9,11-12,25H,8,10,13-14H2,1-3H3;4-5,7,9-10,23H,6,8,11-12H2,1-3H3;4-5,8-9,12,23H,6-7,10-11H2,1-3H3;4-5,8,10,12,23H,6-7,9,11H2,1-3H3;. The molecular weight excluding hydrogens is 1620 g/mol. The van der Waals surface area contributed by atoms with Crippen molar-refractivity contribution in [3.8, 4) is 0 Å². The van der Waals surface area contributed by atoms with Gasteiger partial charge in [0.15, 0.2) is 24.1 Å². The molecule has 0 aliphatic carbocycles. The predicted molar refractivity (Wildman–Crippen MR) is 491 cm³/mol. The molecule has 10 aromatic heterocycles. The zero-order valence-corrected chi connectivity index (χ0v) is 76.1. The average Bonchev–Trinajstić information content (AvgIpc) is 1.62. The highest BCUT2D eigenvalue weighted by molar-refractivity contribution is 5.91. The van der Waals surface area contributed by atoms with Crippen molar-refractivity contribution in [2.75, 3.05) is 68.0 Å². The lowest BCUT2D eigenvalue weighted by atomic mass is 9.97. The van der Waals surface area contributed by atoms with E-state index in [0.717, 1.165) is 109 Å². The second kappa shape index (κ2) is 37.1. The lowest BCUT2D eigenvalue weighted by Crippen LogP contribution is -2.31. The maximum Gasteiger partial charge on any atom is 0.373 e. The van der Waals surface area contributed by atoms with Gasteiger partial charge in [-0.2, -0.15) is 9.59 Å². The van der Waals surface area contributed by atoms with Crippen LogP contribution in [0.3, 0.4) is 0 Å². The number of pyridine rings is 2. The number of likely N-dealkylation sites (N-methyl/N-ethyl adjacent to an activating group) is 5. The van der Waals surface area contributed by atoms with Crippen molar-refractivity contribution in [3.63, 3.8) is 0 Å². The number of oxazole rings is 3. The van der Waals surface area contributed by atoms with Crippen LogP contribution in [-0.4, -0.2) is 183 Å². The number of aliphatic hydroxyl groups is 5. The van der Waals surface area contributed by atoms with E-state index in [9.17, 15) is 30.3 Å². The van der Waals surface area contributed by atoms with Gasteiger partial charge in [-0.15, -0.1) is 0 Å². The number of aromatic carboxylic acids is 1. The summed E-state index contributed by atoms with van der Waals surface area (Å²) in [5.41, 5.74) is 22.3. The fraction of sp³-hybridized carbons (Fsp3) is 0.396. The Morgan fingerprint density at radius 3 is 1.05 bits per heavy atom. The Balaban J connectivity index is 0.000000122. The minimum atomic E-state index is -1.17. The third-order valence-corrected chi connectivity index (χ3v) is 26.1. The van der Waals surface area contributed by atoms with Gasteiger partial charge in [0, 0.05) is 210 Å². The van der Waals surface area contributed by atoms with E-state index in [1.54, 1.807) is 58.5 Å². The fourth-order valence-corrected chi connectivity index (χ4v) is 19.3. The van der Waals surface area contributed by atoms with E-state index in [1.165, 1.54) is 171 Å². The summed E-state index contributed by atoms with van der Waals surface area (Å²) in [6.45, 7) is 31.8. The smallest absolute Gasteiger partial charge is 0.373 e. The van der Waals surface area contributed by atoms with E-state index < -0.39 is 34.0 Å². The number of carboxylic acids is 1. The molecule has 5 atom stereocenters. The average molecular weight is 1740 g/mol. The molecule has 0 amide bonds. The van der Waals surface area contributed by atoms with E-state index >= 15 is 0 Å². The lowest BCUT2D eigenvalue weighted by Gasteiger charge is -2.28. The van der Waals surface area contributed by atoms with E-state index in [4.69, 9.17) is 27.9 Å². The molecule has 0 radical (unpaired) electrons. The molecule has 0 saturated carbocycles. The predicted octanol–water partition coefficient (Wildman–Crippen LogP) is 14.1. The topological polar surface area (TPSA) is 317 Å². The number of carbonyl (C=O) groups is 1. The van der Waals surface area contributed by atoms with Crippen molar-refractivity contribution >= 4 is 66.6 Å². The van der Waals surface area contributed by atoms with Crippen LogP contribution in [0.4, 0.5) is 0 Å². The van der Waals surface area contributed by atoms with Gasteiger partial charge < -0.3 is 91.2 Å². The molecule has 5 aromatic carbocycles. The van der Waals surface area contributed by atoms with E-state index in [1.807, 2.05) is 19.1 Å². The van der Waals surface area contributed by atoms with Gasteiger partial charge in [0.2, 0.25) is 5.89 Å². The zero-order valence-electron chi connectivity index (χ0n) is 76.1. The fourth-order valence-electron chi connectivity index (χ4n) is 19.3. The summed E-state index contributed by atoms with van der Waals surface area (Å²) in [4.78, 5) is 59.4. The molecule has 0 bridgehead atoms. The molecule has 15 heterocycles. The molecule has 5 aliphatic rings. The highest BCUT2D eigenvalue weighted by atomic mass is 16.4. The molecule has 0 fully saturated rings. The number of aromatic nitrogens is 10. The molecule has 15 aromatic rings. The molecule has 670 valence electrons. The van der Waals surface area contributed by atoms with Crippen molar-refractivity contribution in [1.82, 2.24) is 72.3 Å². The number of carbonyl (C=O) groups excluding carboxylic acids is 2. The van der Waals surface area contributed by atoms with Gasteiger partial charge in [-0.25, -0.2) is 24.7 Å². The maximum atomic E-state index is 11.2. The first-order valence-corrected chi connectivity index (χ1v) is 43.8. The normalized spacial score (nSPS) is 17.2. The Labute approximate surface area is 745 Å². The van der Waals surface area contributed by atoms with Gasteiger partial charge in [-0.05, 0) is 205 Å². The summed E-state index contributed by atoms with van der Waals surface area (Å²) in [5.74, 6) is -0.215. The Kier molecular flexibility index (Phi) is 26.4. The molecule has 20 rings (SSSR count). The minimum Gasteiger partial charge on any atom is -0.477 e. The van der Waals surface area contributed by atoms with E-state index in [0.29, 0.717) is 55.6 Å².